The summed E-state index contributed by atoms with van der Waals surface area (Å²) in [6.07, 6.45) is 1.25. The SMILES string of the molecule is CC(C)N1C[C@H](C(=O)NCCCN(C)Cc2ccccc2)CC1=O. The van der Waals surface area contributed by atoms with E-state index in [1.807, 2.05) is 32.0 Å². The van der Waals surface area contributed by atoms with Gasteiger partial charge >= 0.3 is 0 Å². The minimum Gasteiger partial charge on any atom is -0.356 e. The minimum absolute atomic E-state index is 0.0113. The van der Waals surface area contributed by atoms with E-state index in [2.05, 4.69) is 29.4 Å². The molecule has 0 saturated carbocycles. The molecule has 1 aromatic carbocycles. The Morgan fingerprint density at radius 2 is 2.04 bits per heavy atom. The topological polar surface area (TPSA) is 52.7 Å². The number of carbonyl (C=O) groups excluding carboxylic acids is 2. The molecule has 0 radical (unpaired) electrons. The van der Waals surface area contributed by atoms with Crippen molar-refractivity contribution in [1.82, 2.24) is 15.1 Å². The van der Waals surface area contributed by atoms with Crippen LogP contribution in [0.2, 0.25) is 0 Å². The van der Waals surface area contributed by atoms with Gasteiger partial charge in [-0.15, -0.1) is 0 Å². The zero-order valence-electron chi connectivity index (χ0n) is 15.0. The maximum Gasteiger partial charge on any atom is 0.225 e. The predicted octanol–water partition coefficient (Wildman–Crippen LogP) is 1.88. The third kappa shape index (κ3) is 5.34. The highest BCUT2D eigenvalue weighted by Crippen LogP contribution is 2.20. The van der Waals surface area contributed by atoms with Gasteiger partial charge in [-0.3, -0.25) is 9.59 Å². The predicted molar refractivity (Wildman–Crippen MR) is 95.4 cm³/mol. The summed E-state index contributed by atoms with van der Waals surface area (Å²) in [6, 6.07) is 10.5. The lowest BCUT2D eigenvalue weighted by Crippen LogP contribution is -2.36. The summed E-state index contributed by atoms with van der Waals surface area (Å²) in [5, 5.41) is 2.98. The third-order valence-electron chi connectivity index (χ3n) is 4.46. The van der Waals surface area contributed by atoms with Crippen LogP contribution in [0.1, 0.15) is 32.3 Å². The molecule has 2 amide bonds. The first-order valence-electron chi connectivity index (χ1n) is 8.77. The monoisotopic (exact) mass is 331 g/mol. The van der Waals surface area contributed by atoms with Gasteiger partial charge in [0.05, 0.1) is 5.92 Å². The molecule has 0 spiro atoms. The number of benzene rings is 1. The Morgan fingerprint density at radius 3 is 2.67 bits per heavy atom. The van der Waals surface area contributed by atoms with Crippen LogP contribution in [0.25, 0.3) is 0 Å². The molecule has 1 saturated heterocycles. The number of nitrogens with zero attached hydrogens (tertiary/aromatic N) is 2. The van der Waals surface area contributed by atoms with Crippen LogP contribution in [0.15, 0.2) is 30.3 Å². The van der Waals surface area contributed by atoms with Crippen molar-refractivity contribution in [3.63, 3.8) is 0 Å². The van der Waals surface area contributed by atoms with E-state index in [4.69, 9.17) is 0 Å². The fraction of sp³-hybridized carbons (Fsp3) is 0.579. The molecule has 1 aromatic rings. The standard InChI is InChI=1S/C19H29N3O2/c1-15(2)22-14-17(12-18(22)23)19(24)20-10-7-11-21(3)13-16-8-5-4-6-9-16/h4-6,8-9,15,17H,7,10-14H2,1-3H3,(H,20,24)/t17-/m1/s1. The summed E-state index contributed by atoms with van der Waals surface area (Å²) in [7, 11) is 2.09. The molecule has 1 N–H and O–H groups in total. The highest BCUT2D eigenvalue weighted by atomic mass is 16.2. The van der Waals surface area contributed by atoms with Gasteiger partial charge in [-0.1, -0.05) is 30.3 Å². The van der Waals surface area contributed by atoms with Crippen molar-refractivity contribution >= 4 is 11.8 Å². The summed E-state index contributed by atoms with van der Waals surface area (Å²) in [4.78, 5) is 28.1. The van der Waals surface area contributed by atoms with E-state index >= 15 is 0 Å². The van der Waals surface area contributed by atoms with Crippen LogP contribution in [-0.4, -0.2) is 54.3 Å². The Kier molecular flexibility index (Phi) is 6.79. The quantitative estimate of drug-likeness (QED) is 0.740. The normalized spacial score (nSPS) is 17.8. The Balaban J connectivity index is 1.64. The molecule has 1 fully saturated rings. The summed E-state index contributed by atoms with van der Waals surface area (Å²) in [6.45, 7) is 7.02. The molecule has 0 bridgehead atoms. The first-order chi connectivity index (χ1) is 11.5. The van der Waals surface area contributed by atoms with Crippen LogP contribution >= 0.6 is 0 Å². The number of rotatable bonds is 8. The number of hydrogen-bond acceptors (Lipinski definition) is 3. The van der Waals surface area contributed by atoms with Crippen molar-refractivity contribution in [1.29, 1.82) is 0 Å². The van der Waals surface area contributed by atoms with Crippen LogP contribution < -0.4 is 5.32 Å². The van der Waals surface area contributed by atoms with Crippen LogP contribution in [0.5, 0.6) is 0 Å². The molecular formula is C19H29N3O2. The van der Waals surface area contributed by atoms with Gasteiger partial charge in [0.15, 0.2) is 0 Å². The Morgan fingerprint density at radius 1 is 1.33 bits per heavy atom. The highest BCUT2D eigenvalue weighted by molar-refractivity contribution is 5.89. The maximum absolute atomic E-state index is 12.2. The van der Waals surface area contributed by atoms with Crippen molar-refractivity contribution in [2.75, 3.05) is 26.7 Å². The van der Waals surface area contributed by atoms with Gasteiger partial charge in [0.25, 0.3) is 0 Å². The molecule has 1 aliphatic heterocycles. The second-order valence-corrected chi connectivity index (χ2v) is 6.91. The fourth-order valence-electron chi connectivity index (χ4n) is 3.09. The lowest BCUT2D eigenvalue weighted by atomic mass is 10.1. The molecule has 5 heteroatoms. The fourth-order valence-corrected chi connectivity index (χ4v) is 3.09. The van der Waals surface area contributed by atoms with Gasteiger partial charge < -0.3 is 15.1 Å². The van der Waals surface area contributed by atoms with Crippen molar-refractivity contribution in [3.05, 3.63) is 35.9 Å². The number of carbonyl (C=O) groups is 2. The van der Waals surface area contributed by atoms with Gasteiger partial charge in [0.1, 0.15) is 0 Å². The summed E-state index contributed by atoms with van der Waals surface area (Å²) in [5.41, 5.74) is 1.29. The van der Waals surface area contributed by atoms with Gasteiger partial charge in [0, 0.05) is 32.1 Å². The van der Waals surface area contributed by atoms with E-state index in [9.17, 15) is 9.59 Å². The molecule has 24 heavy (non-hydrogen) atoms. The van der Waals surface area contributed by atoms with E-state index in [0.29, 0.717) is 19.5 Å². The second kappa shape index (κ2) is 8.83. The summed E-state index contributed by atoms with van der Waals surface area (Å²) in [5.74, 6) is -0.0908. The molecule has 0 aliphatic carbocycles. The van der Waals surface area contributed by atoms with Gasteiger partial charge in [-0.2, -0.15) is 0 Å². The largest absolute Gasteiger partial charge is 0.356 e. The van der Waals surface area contributed by atoms with E-state index in [-0.39, 0.29) is 23.8 Å². The molecule has 0 unspecified atom stereocenters. The van der Waals surface area contributed by atoms with E-state index < -0.39 is 0 Å². The van der Waals surface area contributed by atoms with Crippen LogP contribution in [0.4, 0.5) is 0 Å². The first kappa shape index (κ1) is 18.5. The molecule has 132 valence electrons. The molecule has 0 aromatic heterocycles. The number of hydrogen-bond donors (Lipinski definition) is 1. The Labute approximate surface area is 145 Å². The van der Waals surface area contributed by atoms with Gasteiger partial charge in [-0.05, 0) is 39.4 Å². The molecule has 2 rings (SSSR count). The smallest absolute Gasteiger partial charge is 0.225 e. The van der Waals surface area contributed by atoms with Crippen LogP contribution in [-0.2, 0) is 16.1 Å². The minimum atomic E-state index is -0.193. The van der Waals surface area contributed by atoms with Gasteiger partial charge in [-0.25, -0.2) is 0 Å². The molecule has 1 atom stereocenters. The van der Waals surface area contributed by atoms with Crippen LogP contribution in [0, 0.1) is 5.92 Å². The molecule has 1 heterocycles. The first-order valence-corrected chi connectivity index (χ1v) is 8.77. The van der Waals surface area contributed by atoms with Crippen LogP contribution in [0.3, 0.4) is 0 Å². The van der Waals surface area contributed by atoms with Crippen molar-refractivity contribution in [2.45, 2.75) is 39.3 Å². The number of nitrogens with one attached hydrogen (secondary N) is 1. The van der Waals surface area contributed by atoms with Crippen molar-refractivity contribution < 1.29 is 9.59 Å². The van der Waals surface area contributed by atoms with E-state index in [0.717, 1.165) is 19.5 Å². The Bertz CT molecular complexity index is 545. The second-order valence-electron chi connectivity index (χ2n) is 6.91. The lowest BCUT2D eigenvalue weighted by Gasteiger charge is -2.21. The summed E-state index contributed by atoms with van der Waals surface area (Å²) < 4.78 is 0. The van der Waals surface area contributed by atoms with E-state index in [1.54, 1.807) is 4.90 Å². The van der Waals surface area contributed by atoms with E-state index in [1.165, 1.54) is 5.56 Å². The zero-order chi connectivity index (χ0) is 17.5. The maximum atomic E-state index is 12.2. The molecule has 5 nitrogen and oxygen atoms in total. The highest BCUT2D eigenvalue weighted by Gasteiger charge is 2.35. The average Bonchev–Trinajstić information content (AvgIpc) is 2.94. The van der Waals surface area contributed by atoms with Crippen molar-refractivity contribution in [3.8, 4) is 0 Å². The number of amides is 2. The molecular weight excluding hydrogens is 302 g/mol. The third-order valence-corrected chi connectivity index (χ3v) is 4.46. The molecule has 1 aliphatic rings. The van der Waals surface area contributed by atoms with Gasteiger partial charge in [0.2, 0.25) is 11.8 Å². The average molecular weight is 331 g/mol. The lowest BCUT2D eigenvalue weighted by molar-refractivity contribution is -0.129. The zero-order valence-corrected chi connectivity index (χ0v) is 15.0. The number of likely N-dealkylation sites (tertiary alicyclic amines) is 1. The summed E-state index contributed by atoms with van der Waals surface area (Å²) >= 11 is 0. The Hall–Kier alpha value is -1.88. The van der Waals surface area contributed by atoms with Crippen molar-refractivity contribution in [2.24, 2.45) is 5.92 Å².